The molecule has 1 fully saturated rings. The van der Waals surface area contributed by atoms with Crippen molar-refractivity contribution in [2.75, 3.05) is 25.5 Å². The van der Waals surface area contributed by atoms with Crippen molar-refractivity contribution in [3.8, 4) is 0 Å². The molecule has 1 aliphatic heterocycles. The normalized spacial score (nSPS) is 25.7. The first-order valence-electron chi connectivity index (χ1n) is 5.28. The Labute approximate surface area is 94.1 Å². The van der Waals surface area contributed by atoms with Crippen LogP contribution < -0.4 is 10.6 Å². The molecule has 2 atom stereocenters. The predicted molar refractivity (Wildman–Crippen MR) is 62.6 cm³/mol. The van der Waals surface area contributed by atoms with Gasteiger partial charge in [-0.05, 0) is 6.42 Å². The molecule has 2 rings (SSSR count). The van der Waals surface area contributed by atoms with Gasteiger partial charge in [0.1, 0.15) is 0 Å². The van der Waals surface area contributed by atoms with E-state index in [4.69, 9.17) is 4.74 Å². The third kappa shape index (κ3) is 2.48. The number of ether oxygens (including phenoxy) is 1. The zero-order valence-electron chi connectivity index (χ0n) is 9.12. The number of anilines is 1. The second-order valence-electron chi connectivity index (χ2n) is 3.68. The smallest absolute Gasteiger partial charge is 0.183 e. The first kappa shape index (κ1) is 10.9. The highest BCUT2D eigenvalue weighted by Gasteiger charge is 2.27. The van der Waals surface area contributed by atoms with E-state index in [1.54, 1.807) is 18.4 Å². The Balaban J connectivity index is 1.95. The van der Waals surface area contributed by atoms with Crippen molar-refractivity contribution < 1.29 is 4.74 Å². The lowest BCUT2D eigenvalue weighted by molar-refractivity contribution is 0.111. The molecule has 0 aromatic carbocycles. The second kappa shape index (κ2) is 4.92. The van der Waals surface area contributed by atoms with Gasteiger partial charge in [0.05, 0.1) is 17.8 Å². The van der Waals surface area contributed by atoms with E-state index in [0.29, 0.717) is 6.04 Å². The van der Waals surface area contributed by atoms with Crippen molar-refractivity contribution in [3.63, 3.8) is 0 Å². The molecule has 1 aromatic rings. The molecular weight excluding hydrogens is 210 g/mol. The largest absolute Gasteiger partial charge is 0.378 e. The molecule has 4 nitrogen and oxygen atoms in total. The minimum atomic E-state index is 0.249. The molecule has 0 saturated carbocycles. The minimum absolute atomic E-state index is 0.249. The molecule has 0 spiro atoms. The van der Waals surface area contributed by atoms with Gasteiger partial charge in [0.15, 0.2) is 5.13 Å². The summed E-state index contributed by atoms with van der Waals surface area (Å²) in [6.45, 7) is 3.98. The third-order valence-corrected chi connectivity index (χ3v) is 3.51. The van der Waals surface area contributed by atoms with Crippen LogP contribution in [0.2, 0.25) is 0 Å². The molecule has 2 heterocycles. The number of hydrogen-bond acceptors (Lipinski definition) is 5. The lowest BCUT2D eigenvalue weighted by atomic mass is 10.2. The van der Waals surface area contributed by atoms with Crippen LogP contribution in [-0.4, -0.2) is 37.3 Å². The SMILES string of the molecule is CCc1csc(NC2CNCC2OC)n1. The lowest BCUT2D eigenvalue weighted by Gasteiger charge is -2.17. The van der Waals surface area contributed by atoms with Gasteiger partial charge >= 0.3 is 0 Å². The van der Waals surface area contributed by atoms with Gasteiger partial charge in [0, 0.05) is 25.6 Å². The molecule has 0 aliphatic carbocycles. The van der Waals surface area contributed by atoms with Gasteiger partial charge < -0.3 is 15.4 Å². The highest BCUT2D eigenvalue weighted by Crippen LogP contribution is 2.18. The Morgan fingerprint density at radius 1 is 1.67 bits per heavy atom. The fourth-order valence-corrected chi connectivity index (χ4v) is 2.60. The number of rotatable bonds is 4. The Bertz CT molecular complexity index is 315. The van der Waals surface area contributed by atoms with E-state index < -0.39 is 0 Å². The quantitative estimate of drug-likeness (QED) is 0.808. The zero-order valence-corrected chi connectivity index (χ0v) is 9.93. The van der Waals surface area contributed by atoms with Crippen LogP contribution >= 0.6 is 11.3 Å². The van der Waals surface area contributed by atoms with Gasteiger partial charge in [-0.1, -0.05) is 6.92 Å². The highest BCUT2D eigenvalue weighted by atomic mass is 32.1. The number of aryl methyl sites for hydroxylation is 1. The zero-order chi connectivity index (χ0) is 10.7. The number of thiazole rings is 1. The van der Waals surface area contributed by atoms with Gasteiger partial charge in [-0.2, -0.15) is 0 Å². The van der Waals surface area contributed by atoms with Crippen molar-refractivity contribution in [1.29, 1.82) is 0 Å². The fraction of sp³-hybridized carbons (Fsp3) is 0.700. The van der Waals surface area contributed by atoms with Crippen molar-refractivity contribution in [2.24, 2.45) is 0 Å². The molecule has 1 aromatic heterocycles. The van der Waals surface area contributed by atoms with Crippen LogP contribution in [0.15, 0.2) is 5.38 Å². The van der Waals surface area contributed by atoms with E-state index in [1.165, 1.54) is 0 Å². The maximum Gasteiger partial charge on any atom is 0.183 e. The molecule has 5 heteroatoms. The van der Waals surface area contributed by atoms with Crippen LogP contribution in [0.25, 0.3) is 0 Å². The van der Waals surface area contributed by atoms with E-state index in [9.17, 15) is 0 Å². The molecular formula is C10H17N3OS. The van der Waals surface area contributed by atoms with Crippen molar-refractivity contribution >= 4 is 16.5 Å². The first-order chi connectivity index (χ1) is 7.33. The number of methoxy groups -OCH3 is 1. The Hall–Kier alpha value is -0.650. The maximum absolute atomic E-state index is 5.38. The van der Waals surface area contributed by atoms with Gasteiger partial charge in [0.2, 0.25) is 0 Å². The standard InChI is InChI=1S/C10H17N3OS/c1-3-7-6-15-10(12-7)13-8-4-11-5-9(8)14-2/h6,8-9,11H,3-5H2,1-2H3,(H,12,13). The summed E-state index contributed by atoms with van der Waals surface area (Å²) in [6, 6.07) is 0.339. The summed E-state index contributed by atoms with van der Waals surface area (Å²) < 4.78 is 5.38. The molecule has 2 unspecified atom stereocenters. The Morgan fingerprint density at radius 2 is 2.53 bits per heavy atom. The van der Waals surface area contributed by atoms with Crippen LogP contribution in [-0.2, 0) is 11.2 Å². The van der Waals surface area contributed by atoms with Crippen LogP contribution in [0.4, 0.5) is 5.13 Å². The van der Waals surface area contributed by atoms with Crippen molar-refractivity contribution in [3.05, 3.63) is 11.1 Å². The van der Waals surface area contributed by atoms with Gasteiger partial charge in [0.25, 0.3) is 0 Å². The summed E-state index contributed by atoms with van der Waals surface area (Å²) in [4.78, 5) is 4.49. The highest BCUT2D eigenvalue weighted by molar-refractivity contribution is 7.13. The van der Waals surface area contributed by atoms with Crippen LogP contribution in [0, 0.1) is 0 Å². The van der Waals surface area contributed by atoms with Crippen LogP contribution in [0.1, 0.15) is 12.6 Å². The van der Waals surface area contributed by atoms with E-state index in [-0.39, 0.29) is 6.10 Å². The monoisotopic (exact) mass is 227 g/mol. The summed E-state index contributed by atoms with van der Waals surface area (Å²) in [6.07, 6.45) is 1.24. The summed E-state index contributed by atoms with van der Waals surface area (Å²) in [5.74, 6) is 0. The fourth-order valence-electron chi connectivity index (χ4n) is 1.74. The molecule has 1 saturated heterocycles. The molecule has 2 N–H and O–H groups in total. The lowest BCUT2D eigenvalue weighted by Crippen LogP contribution is -2.33. The maximum atomic E-state index is 5.38. The molecule has 0 amide bonds. The molecule has 1 aliphatic rings. The van der Waals surface area contributed by atoms with E-state index >= 15 is 0 Å². The van der Waals surface area contributed by atoms with E-state index in [0.717, 1.165) is 30.3 Å². The predicted octanol–water partition coefficient (Wildman–Crippen LogP) is 1.10. The average molecular weight is 227 g/mol. The number of aromatic nitrogens is 1. The van der Waals surface area contributed by atoms with Crippen molar-refractivity contribution in [2.45, 2.75) is 25.5 Å². The van der Waals surface area contributed by atoms with E-state index in [2.05, 4.69) is 27.9 Å². The average Bonchev–Trinajstić information content (AvgIpc) is 2.87. The van der Waals surface area contributed by atoms with Crippen molar-refractivity contribution in [1.82, 2.24) is 10.3 Å². The number of hydrogen-bond donors (Lipinski definition) is 2. The molecule has 84 valence electrons. The number of nitrogens with zero attached hydrogens (tertiary/aromatic N) is 1. The summed E-state index contributed by atoms with van der Waals surface area (Å²) in [5, 5.41) is 9.83. The summed E-state index contributed by atoms with van der Waals surface area (Å²) in [5.41, 5.74) is 1.16. The van der Waals surface area contributed by atoms with Gasteiger partial charge in [-0.15, -0.1) is 11.3 Å². The minimum Gasteiger partial charge on any atom is -0.378 e. The summed E-state index contributed by atoms with van der Waals surface area (Å²) >= 11 is 1.67. The Kier molecular flexibility index (Phi) is 3.56. The summed E-state index contributed by atoms with van der Waals surface area (Å²) in [7, 11) is 1.76. The second-order valence-corrected chi connectivity index (χ2v) is 4.54. The van der Waals surface area contributed by atoms with Gasteiger partial charge in [-0.3, -0.25) is 0 Å². The molecule has 0 bridgehead atoms. The topological polar surface area (TPSA) is 46.2 Å². The van der Waals surface area contributed by atoms with Gasteiger partial charge in [-0.25, -0.2) is 4.98 Å². The van der Waals surface area contributed by atoms with Crippen LogP contribution in [0.5, 0.6) is 0 Å². The van der Waals surface area contributed by atoms with E-state index in [1.807, 2.05) is 0 Å². The van der Waals surface area contributed by atoms with Crippen LogP contribution in [0.3, 0.4) is 0 Å². The number of nitrogens with one attached hydrogen (secondary N) is 2. The molecule has 15 heavy (non-hydrogen) atoms. The Morgan fingerprint density at radius 3 is 3.20 bits per heavy atom. The third-order valence-electron chi connectivity index (χ3n) is 2.68. The molecule has 0 radical (unpaired) electrons. The first-order valence-corrected chi connectivity index (χ1v) is 6.16.